The molecule has 108 valence electrons. The van der Waals surface area contributed by atoms with Gasteiger partial charge in [0.15, 0.2) is 5.78 Å². The van der Waals surface area contributed by atoms with Crippen LogP contribution in [0, 0.1) is 6.92 Å². The summed E-state index contributed by atoms with van der Waals surface area (Å²) in [4.78, 5) is 11.9. The van der Waals surface area contributed by atoms with Gasteiger partial charge < -0.3 is 0 Å². The van der Waals surface area contributed by atoms with E-state index in [1.807, 2.05) is 37.3 Å². The van der Waals surface area contributed by atoms with Gasteiger partial charge in [-0.2, -0.15) is 0 Å². The predicted octanol–water partition coefficient (Wildman–Crippen LogP) is 5.52. The van der Waals surface area contributed by atoms with Crippen molar-refractivity contribution in [3.05, 3.63) is 75.3 Å². The van der Waals surface area contributed by atoms with Crippen LogP contribution in [0.5, 0.6) is 0 Å². The third-order valence-corrected chi connectivity index (χ3v) is 3.93. The summed E-state index contributed by atoms with van der Waals surface area (Å²) in [6.07, 6.45) is 4.38. The third-order valence-electron chi connectivity index (χ3n) is 3.22. The van der Waals surface area contributed by atoms with Gasteiger partial charge in [-0.1, -0.05) is 65.2 Å². The minimum absolute atomic E-state index is 0.0616. The summed E-state index contributed by atoms with van der Waals surface area (Å²) in [5.74, 6) is 0.0616. The maximum Gasteiger partial charge on any atom is 0.156 e. The number of halogens is 2. The van der Waals surface area contributed by atoms with E-state index in [2.05, 4.69) is 0 Å². The lowest BCUT2D eigenvalue weighted by atomic mass is 10.1. The average Bonchev–Trinajstić information content (AvgIpc) is 2.46. The van der Waals surface area contributed by atoms with Crippen LogP contribution in [-0.2, 0) is 11.2 Å². The molecule has 0 saturated heterocycles. The van der Waals surface area contributed by atoms with Gasteiger partial charge in [0.2, 0.25) is 0 Å². The molecule has 0 atom stereocenters. The van der Waals surface area contributed by atoms with Crippen LogP contribution < -0.4 is 0 Å². The molecule has 2 aromatic rings. The van der Waals surface area contributed by atoms with E-state index < -0.39 is 0 Å². The summed E-state index contributed by atoms with van der Waals surface area (Å²) in [6.45, 7) is 2.03. The number of carbonyl (C=O) groups excluding carboxylic acids is 1. The Morgan fingerprint density at radius 1 is 1.05 bits per heavy atom. The molecular weight excluding hydrogens is 303 g/mol. The highest BCUT2D eigenvalue weighted by Gasteiger charge is 2.07. The maximum atomic E-state index is 11.9. The van der Waals surface area contributed by atoms with Crippen molar-refractivity contribution in [1.82, 2.24) is 0 Å². The smallest absolute Gasteiger partial charge is 0.156 e. The Bertz CT molecular complexity index is 637. The van der Waals surface area contributed by atoms with Gasteiger partial charge in [-0.3, -0.25) is 4.79 Å². The van der Waals surface area contributed by atoms with Gasteiger partial charge in [-0.25, -0.2) is 0 Å². The van der Waals surface area contributed by atoms with Crippen molar-refractivity contribution in [2.75, 3.05) is 0 Å². The minimum atomic E-state index is 0.0616. The van der Waals surface area contributed by atoms with E-state index in [-0.39, 0.29) is 5.78 Å². The number of allylic oxidation sites excluding steroid dienone is 1. The summed E-state index contributed by atoms with van der Waals surface area (Å²) in [6, 6.07) is 13.4. The Hall–Kier alpha value is -1.57. The Labute approximate surface area is 135 Å². The predicted molar refractivity (Wildman–Crippen MR) is 90.0 cm³/mol. The number of ketones is 1. The highest BCUT2D eigenvalue weighted by atomic mass is 35.5. The lowest BCUT2D eigenvalue weighted by molar-refractivity contribution is -0.114. The van der Waals surface area contributed by atoms with E-state index in [4.69, 9.17) is 23.2 Å². The fourth-order valence-electron chi connectivity index (χ4n) is 1.97. The zero-order valence-corrected chi connectivity index (χ0v) is 13.3. The first-order valence-electron chi connectivity index (χ1n) is 6.77. The van der Waals surface area contributed by atoms with Gasteiger partial charge in [-0.15, -0.1) is 0 Å². The Balaban J connectivity index is 1.95. The van der Waals surface area contributed by atoms with Crippen LogP contribution >= 0.6 is 23.2 Å². The molecule has 0 N–H and O–H groups in total. The zero-order chi connectivity index (χ0) is 15.2. The molecule has 0 unspecified atom stereocenters. The molecule has 3 heteroatoms. The van der Waals surface area contributed by atoms with Crippen LogP contribution in [0.1, 0.15) is 23.1 Å². The van der Waals surface area contributed by atoms with Gasteiger partial charge >= 0.3 is 0 Å². The molecule has 0 bridgehead atoms. The quantitative estimate of drug-likeness (QED) is 0.663. The molecule has 0 spiro atoms. The van der Waals surface area contributed by atoms with Gasteiger partial charge in [-0.05, 0) is 42.7 Å². The summed E-state index contributed by atoms with van der Waals surface area (Å²) in [5.41, 5.74) is 3.05. The first-order valence-corrected chi connectivity index (χ1v) is 7.52. The summed E-state index contributed by atoms with van der Waals surface area (Å²) in [7, 11) is 0. The molecule has 2 rings (SSSR count). The van der Waals surface area contributed by atoms with E-state index in [1.165, 1.54) is 5.56 Å². The van der Waals surface area contributed by atoms with Crippen molar-refractivity contribution in [1.29, 1.82) is 0 Å². The van der Waals surface area contributed by atoms with Gasteiger partial charge in [0.05, 0.1) is 0 Å². The molecule has 21 heavy (non-hydrogen) atoms. The number of benzene rings is 2. The SMILES string of the molecule is Cc1ccc(/C=C/C(=O)CCc2c(Cl)cccc2Cl)cc1. The molecule has 0 radical (unpaired) electrons. The Morgan fingerprint density at radius 2 is 1.67 bits per heavy atom. The largest absolute Gasteiger partial charge is 0.295 e. The van der Waals surface area contributed by atoms with Crippen molar-refractivity contribution in [3.8, 4) is 0 Å². The number of carbonyl (C=O) groups is 1. The van der Waals surface area contributed by atoms with Crippen LogP contribution in [0.4, 0.5) is 0 Å². The first-order chi connectivity index (χ1) is 10.1. The third kappa shape index (κ3) is 4.73. The number of hydrogen-bond acceptors (Lipinski definition) is 1. The topological polar surface area (TPSA) is 17.1 Å². The van der Waals surface area contributed by atoms with Crippen LogP contribution in [-0.4, -0.2) is 5.78 Å². The first kappa shape index (κ1) is 15.8. The molecule has 0 aromatic heterocycles. The van der Waals surface area contributed by atoms with E-state index in [0.717, 1.165) is 11.1 Å². The molecule has 0 amide bonds. The minimum Gasteiger partial charge on any atom is -0.295 e. The van der Waals surface area contributed by atoms with Gasteiger partial charge in [0, 0.05) is 16.5 Å². The van der Waals surface area contributed by atoms with Crippen LogP contribution in [0.15, 0.2) is 48.5 Å². The van der Waals surface area contributed by atoms with Crippen molar-refractivity contribution in [2.24, 2.45) is 0 Å². The monoisotopic (exact) mass is 318 g/mol. The van der Waals surface area contributed by atoms with Crippen LogP contribution in [0.2, 0.25) is 10.0 Å². The fourth-order valence-corrected chi connectivity index (χ4v) is 2.56. The highest BCUT2D eigenvalue weighted by Crippen LogP contribution is 2.25. The van der Waals surface area contributed by atoms with Crippen molar-refractivity contribution in [3.63, 3.8) is 0 Å². The molecule has 1 nitrogen and oxygen atoms in total. The lowest BCUT2D eigenvalue weighted by Gasteiger charge is -2.05. The molecule has 0 aliphatic carbocycles. The molecular formula is C18H16Cl2O. The molecule has 0 aliphatic rings. The normalized spacial score (nSPS) is 11.0. The summed E-state index contributed by atoms with van der Waals surface area (Å²) in [5, 5.41) is 1.22. The molecule has 0 fully saturated rings. The summed E-state index contributed by atoms with van der Waals surface area (Å²) >= 11 is 12.2. The van der Waals surface area contributed by atoms with Crippen molar-refractivity contribution < 1.29 is 4.79 Å². The van der Waals surface area contributed by atoms with Crippen molar-refractivity contribution >= 4 is 35.1 Å². The number of aryl methyl sites for hydroxylation is 1. The number of hydrogen-bond donors (Lipinski definition) is 0. The van der Waals surface area contributed by atoms with Crippen LogP contribution in [0.3, 0.4) is 0 Å². The van der Waals surface area contributed by atoms with E-state index in [1.54, 1.807) is 24.3 Å². The van der Waals surface area contributed by atoms with Gasteiger partial charge in [0.1, 0.15) is 0 Å². The fraction of sp³-hybridized carbons (Fsp3) is 0.167. The molecule has 0 heterocycles. The second kappa shape index (κ2) is 7.44. The standard InChI is InChI=1S/C18H16Cl2O/c1-13-5-7-14(8-6-13)9-10-15(21)11-12-16-17(19)3-2-4-18(16)20/h2-10H,11-12H2,1H3/b10-9+. The second-order valence-corrected chi connectivity index (χ2v) is 5.72. The van der Waals surface area contributed by atoms with Gasteiger partial charge in [0.25, 0.3) is 0 Å². The van der Waals surface area contributed by atoms with Crippen molar-refractivity contribution in [2.45, 2.75) is 19.8 Å². The van der Waals surface area contributed by atoms with E-state index in [0.29, 0.717) is 22.9 Å². The second-order valence-electron chi connectivity index (χ2n) is 4.91. The van der Waals surface area contributed by atoms with E-state index in [9.17, 15) is 4.79 Å². The number of rotatable bonds is 5. The lowest BCUT2D eigenvalue weighted by Crippen LogP contribution is -1.97. The maximum absolute atomic E-state index is 11.9. The molecule has 2 aromatic carbocycles. The molecule has 0 saturated carbocycles. The average molecular weight is 319 g/mol. The Kier molecular flexibility index (Phi) is 5.60. The van der Waals surface area contributed by atoms with Crippen LogP contribution in [0.25, 0.3) is 6.08 Å². The van der Waals surface area contributed by atoms with E-state index >= 15 is 0 Å². The highest BCUT2D eigenvalue weighted by molar-refractivity contribution is 6.36. The zero-order valence-electron chi connectivity index (χ0n) is 11.8. The summed E-state index contributed by atoms with van der Waals surface area (Å²) < 4.78 is 0. The Morgan fingerprint density at radius 3 is 2.29 bits per heavy atom. The molecule has 0 aliphatic heterocycles.